The number of anilines is 1. The number of H-pyrrole nitrogens is 1. The number of rotatable bonds is 5. The number of alkyl halides is 3. The zero-order valence-electron chi connectivity index (χ0n) is 16.1. The molecular weight excluding hydrogens is 433 g/mol. The zero-order chi connectivity index (χ0) is 22.2. The van der Waals surface area contributed by atoms with Gasteiger partial charge in [0.15, 0.2) is 0 Å². The third-order valence-electron chi connectivity index (χ3n) is 4.71. The van der Waals surface area contributed by atoms with Crippen molar-refractivity contribution in [3.63, 3.8) is 0 Å². The Morgan fingerprint density at radius 1 is 1.19 bits per heavy atom. The van der Waals surface area contributed by atoms with Gasteiger partial charge in [0.25, 0.3) is 5.56 Å². The monoisotopic (exact) mass is 448 g/mol. The molecule has 0 radical (unpaired) electrons. The largest absolute Gasteiger partial charge is 0.495 e. The van der Waals surface area contributed by atoms with E-state index in [2.05, 4.69) is 15.3 Å². The van der Waals surface area contributed by atoms with E-state index in [9.17, 15) is 18.0 Å². The predicted octanol–water partition coefficient (Wildman–Crippen LogP) is 5.01. The molecule has 0 bridgehead atoms. The summed E-state index contributed by atoms with van der Waals surface area (Å²) in [6.45, 7) is 0.180. The number of nitrogens with zero attached hydrogens (tertiary/aromatic N) is 2. The molecule has 4 aromatic rings. The number of halogens is 4. The molecule has 0 unspecified atom stereocenters. The minimum Gasteiger partial charge on any atom is -0.495 e. The second-order valence-electron chi connectivity index (χ2n) is 6.68. The molecule has 0 aliphatic rings. The fourth-order valence-electron chi connectivity index (χ4n) is 3.27. The van der Waals surface area contributed by atoms with Gasteiger partial charge in [-0.1, -0.05) is 11.6 Å². The molecule has 0 saturated carbocycles. The van der Waals surface area contributed by atoms with E-state index in [4.69, 9.17) is 16.3 Å². The van der Waals surface area contributed by atoms with Crippen LogP contribution in [0.2, 0.25) is 5.02 Å². The molecule has 0 spiro atoms. The molecule has 2 heterocycles. The van der Waals surface area contributed by atoms with Gasteiger partial charge in [0, 0.05) is 22.8 Å². The van der Waals surface area contributed by atoms with Gasteiger partial charge in [-0.15, -0.1) is 0 Å². The van der Waals surface area contributed by atoms with Crippen molar-refractivity contribution in [2.75, 3.05) is 12.4 Å². The summed E-state index contributed by atoms with van der Waals surface area (Å²) in [7, 11) is 1.43. The van der Waals surface area contributed by atoms with Gasteiger partial charge in [-0.3, -0.25) is 9.36 Å². The lowest BCUT2D eigenvalue weighted by Gasteiger charge is -2.17. The van der Waals surface area contributed by atoms with E-state index < -0.39 is 17.3 Å². The van der Waals surface area contributed by atoms with Gasteiger partial charge in [0.2, 0.25) is 0 Å². The summed E-state index contributed by atoms with van der Waals surface area (Å²) in [6, 6.07) is 9.29. The summed E-state index contributed by atoms with van der Waals surface area (Å²) < 4.78 is 46.5. The van der Waals surface area contributed by atoms with Crippen molar-refractivity contribution < 1.29 is 17.9 Å². The summed E-state index contributed by atoms with van der Waals surface area (Å²) in [4.78, 5) is 20.3. The van der Waals surface area contributed by atoms with Gasteiger partial charge >= 0.3 is 6.18 Å². The SMILES string of the molecule is COc1ccc(Cl)cc1-n1c(=O)c(NCc2ncc[nH]2)cc2cc(C(F)(F)F)ccc21. The highest BCUT2D eigenvalue weighted by Crippen LogP contribution is 2.34. The van der Waals surface area contributed by atoms with Crippen molar-refractivity contribution in [3.8, 4) is 11.4 Å². The lowest BCUT2D eigenvalue weighted by molar-refractivity contribution is -0.137. The Morgan fingerprint density at radius 3 is 2.68 bits per heavy atom. The highest BCUT2D eigenvalue weighted by Gasteiger charge is 2.31. The van der Waals surface area contributed by atoms with Crippen LogP contribution in [0.15, 0.2) is 59.7 Å². The number of imidazole rings is 1. The van der Waals surface area contributed by atoms with Crippen LogP contribution >= 0.6 is 11.6 Å². The molecule has 2 aromatic heterocycles. The van der Waals surface area contributed by atoms with Crippen LogP contribution in [0.25, 0.3) is 16.6 Å². The molecule has 0 aliphatic carbocycles. The maximum absolute atomic E-state index is 13.4. The molecule has 2 aromatic carbocycles. The molecule has 0 amide bonds. The van der Waals surface area contributed by atoms with E-state index in [1.807, 2.05) is 0 Å². The number of aromatic nitrogens is 3. The fraction of sp³-hybridized carbons (Fsp3) is 0.143. The van der Waals surface area contributed by atoms with Gasteiger partial charge < -0.3 is 15.0 Å². The normalized spacial score (nSPS) is 11.6. The Kier molecular flexibility index (Phi) is 5.36. The second-order valence-corrected chi connectivity index (χ2v) is 7.11. The molecule has 31 heavy (non-hydrogen) atoms. The summed E-state index contributed by atoms with van der Waals surface area (Å²) in [5.41, 5.74) is -0.599. The first-order valence-corrected chi connectivity index (χ1v) is 9.49. The van der Waals surface area contributed by atoms with Crippen LogP contribution in [0.4, 0.5) is 18.9 Å². The lowest BCUT2D eigenvalue weighted by atomic mass is 10.1. The van der Waals surface area contributed by atoms with Crippen LogP contribution in [0, 0.1) is 0 Å². The van der Waals surface area contributed by atoms with E-state index >= 15 is 0 Å². The zero-order valence-corrected chi connectivity index (χ0v) is 16.9. The number of methoxy groups -OCH3 is 1. The van der Waals surface area contributed by atoms with Gasteiger partial charge in [-0.25, -0.2) is 4.98 Å². The maximum atomic E-state index is 13.4. The Labute approximate surface area is 179 Å². The van der Waals surface area contributed by atoms with Crippen molar-refractivity contribution in [3.05, 3.63) is 81.6 Å². The molecule has 4 rings (SSSR count). The van der Waals surface area contributed by atoms with Crippen molar-refractivity contribution in [1.82, 2.24) is 14.5 Å². The first-order chi connectivity index (χ1) is 14.8. The number of nitrogens with one attached hydrogen (secondary N) is 2. The molecule has 0 atom stereocenters. The van der Waals surface area contributed by atoms with Crippen molar-refractivity contribution in [2.45, 2.75) is 12.7 Å². The summed E-state index contributed by atoms with van der Waals surface area (Å²) in [5.74, 6) is 0.909. The minimum atomic E-state index is -4.52. The standard InChI is InChI=1S/C21H16ClF3N4O2/c1-31-18-5-3-14(22)10-17(18)29-16-4-2-13(21(23,24)25)8-12(16)9-15(20(29)30)28-11-19-26-6-7-27-19/h2-10,28H,11H2,1H3,(H,26,27). The van der Waals surface area contributed by atoms with Crippen LogP contribution in [0.3, 0.4) is 0 Å². The van der Waals surface area contributed by atoms with Gasteiger partial charge in [0.05, 0.1) is 30.4 Å². The van der Waals surface area contributed by atoms with E-state index in [0.717, 1.165) is 12.1 Å². The summed E-state index contributed by atoms with van der Waals surface area (Å²) in [6.07, 6.45) is -1.34. The second kappa shape index (κ2) is 7.99. The van der Waals surface area contributed by atoms with Gasteiger partial charge in [-0.05, 0) is 42.5 Å². The highest BCUT2D eigenvalue weighted by molar-refractivity contribution is 6.30. The minimum absolute atomic E-state index is 0.102. The molecule has 0 fully saturated rings. The van der Waals surface area contributed by atoms with Crippen LogP contribution in [0.5, 0.6) is 5.75 Å². The smallest absolute Gasteiger partial charge is 0.416 e. The Morgan fingerprint density at radius 2 is 2.00 bits per heavy atom. The number of aromatic amines is 1. The first kappa shape index (κ1) is 20.8. The molecule has 10 heteroatoms. The summed E-state index contributed by atoms with van der Waals surface area (Å²) >= 11 is 6.13. The van der Waals surface area contributed by atoms with Crippen molar-refractivity contribution >= 4 is 28.2 Å². The maximum Gasteiger partial charge on any atom is 0.416 e. The Hall–Kier alpha value is -3.46. The van der Waals surface area contributed by atoms with E-state index in [0.29, 0.717) is 22.3 Å². The molecular formula is C21H16ClF3N4O2. The number of ether oxygens (including phenoxy) is 1. The third-order valence-corrected chi connectivity index (χ3v) is 4.95. The van der Waals surface area contributed by atoms with E-state index in [-0.39, 0.29) is 23.1 Å². The first-order valence-electron chi connectivity index (χ1n) is 9.11. The molecule has 6 nitrogen and oxygen atoms in total. The van der Waals surface area contributed by atoms with Gasteiger partial charge in [-0.2, -0.15) is 13.2 Å². The number of fused-ring (bicyclic) bond motifs is 1. The number of benzene rings is 2. The van der Waals surface area contributed by atoms with Crippen LogP contribution < -0.4 is 15.6 Å². The lowest BCUT2D eigenvalue weighted by Crippen LogP contribution is -2.23. The van der Waals surface area contributed by atoms with Crippen molar-refractivity contribution in [2.24, 2.45) is 0 Å². The average molecular weight is 449 g/mol. The predicted molar refractivity (Wildman–Crippen MR) is 112 cm³/mol. The topological polar surface area (TPSA) is 71.9 Å². The highest BCUT2D eigenvalue weighted by atomic mass is 35.5. The van der Waals surface area contributed by atoms with E-state index in [1.165, 1.54) is 29.9 Å². The van der Waals surface area contributed by atoms with Gasteiger partial charge in [0.1, 0.15) is 17.3 Å². The molecule has 2 N–H and O–H groups in total. The van der Waals surface area contributed by atoms with Crippen molar-refractivity contribution in [1.29, 1.82) is 0 Å². The third kappa shape index (κ3) is 4.09. The summed E-state index contributed by atoms with van der Waals surface area (Å²) in [5, 5.41) is 3.51. The quantitative estimate of drug-likeness (QED) is 0.450. The molecule has 0 saturated heterocycles. The van der Waals surface area contributed by atoms with Crippen LogP contribution in [0.1, 0.15) is 11.4 Å². The number of pyridine rings is 1. The number of hydrogen-bond donors (Lipinski definition) is 2. The molecule has 0 aliphatic heterocycles. The van der Waals surface area contributed by atoms with Crippen LogP contribution in [-0.2, 0) is 12.7 Å². The van der Waals surface area contributed by atoms with E-state index in [1.54, 1.807) is 24.5 Å². The molecule has 160 valence electrons. The average Bonchev–Trinajstić information content (AvgIpc) is 3.25. The fourth-order valence-corrected chi connectivity index (χ4v) is 3.44. The number of hydrogen-bond acceptors (Lipinski definition) is 4. The Bertz CT molecular complexity index is 1300. The van der Waals surface area contributed by atoms with Crippen LogP contribution in [-0.4, -0.2) is 21.6 Å². The Balaban J connectivity index is 1.97.